The molecule has 0 spiro atoms. The molecule has 1 rings (SSSR count). The molecule has 1 unspecified atom stereocenters. The number of methoxy groups -OCH3 is 1. The molecule has 0 aliphatic carbocycles. The summed E-state index contributed by atoms with van der Waals surface area (Å²) in [5, 5.41) is 20.1. The summed E-state index contributed by atoms with van der Waals surface area (Å²) < 4.78 is 31.8. The fourth-order valence-electron chi connectivity index (χ4n) is 1.83. The quantitative estimate of drug-likeness (QED) is 0.552. The molecule has 1 aromatic carbocycles. The predicted octanol–water partition coefficient (Wildman–Crippen LogP) is 1.39. The molecule has 118 valence electrons. The standard InChI is InChI=1S/C12H18N2O6S/c1-3-4-9(8-20-2)13-21(18,19)10-5-6-12(15)11(7-10)14(16)17/h5-7,9,13,15H,3-4,8H2,1-2H3. The van der Waals surface area contributed by atoms with Crippen molar-refractivity contribution in [3.8, 4) is 5.75 Å². The largest absolute Gasteiger partial charge is 0.502 e. The number of nitrogens with one attached hydrogen (secondary N) is 1. The van der Waals surface area contributed by atoms with Crippen LogP contribution in [0.3, 0.4) is 0 Å². The summed E-state index contributed by atoms with van der Waals surface area (Å²) in [5.74, 6) is -0.582. The van der Waals surface area contributed by atoms with Crippen molar-refractivity contribution in [3.05, 3.63) is 28.3 Å². The van der Waals surface area contributed by atoms with Crippen molar-refractivity contribution >= 4 is 15.7 Å². The van der Waals surface area contributed by atoms with Gasteiger partial charge in [0.05, 0.1) is 16.4 Å². The highest BCUT2D eigenvalue weighted by Gasteiger charge is 2.23. The lowest BCUT2D eigenvalue weighted by molar-refractivity contribution is -0.386. The Morgan fingerprint density at radius 3 is 2.67 bits per heavy atom. The molecule has 0 saturated heterocycles. The number of nitrogens with zero attached hydrogens (tertiary/aromatic N) is 1. The zero-order chi connectivity index (χ0) is 16.0. The van der Waals surface area contributed by atoms with Crippen molar-refractivity contribution in [2.45, 2.75) is 30.7 Å². The van der Waals surface area contributed by atoms with Crippen LogP contribution in [0.5, 0.6) is 5.75 Å². The van der Waals surface area contributed by atoms with Gasteiger partial charge in [0.25, 0.3) is 0 Å². The van der Waals surface area contributed by atoms with Crippen LogP contribution in [-0.2, 0) is 14.8 Å². The number of phenolic OH excluding ortho intramolecular Hbond substituents is 1. The lowest BCUT2D eigenvalue weighted by atomic mass is 10.2. The van der Waals surface area contributed by atoms with Gasteiger partial charge in [-0.2, -0.15) is 0 Å². The molecule has 0 radical (unpaired) electrons. The smallest absolute Gasteiger partial charge is 0.312 e. The monoisotopic (exact) mass is 318 g/mol. The highest BCUT2D eigenvalue weighted by atomic mass is 32.2. The van der Waals surface area contributed by atoms with Gasteiger partial charge in [-0.1, -0.05) is 13.3 Å². The maximum atomic E-state index is 12.2. The average molecular weight is 318 g/mol. The number of sulfonamides is 1. The number of phenols is 1. The van der Waals surface area contributed by atoms with E-state index in [0.717, 1.165) is 24.6 Å². The van der Waals surface area contributed by atoms with E-state index >= 15 is 0 Å². The Morgan fingerprint density at radius 2 is 2.14 bits per heavy atom. The molecule has 21 heavy (non-hydrogen) atoms. The molecular weight excluding hydrogens is 300 g/mol. The number of nitro groups is 1. The van der Waals surface area contributed by atoms with Gasteiger partial charge in [-0.15, -0.1) is 0 Å². The normalized spacial score (nSPS) is 13.0. The topological polar surface area (TPSA) is 119 Å². The SMILES string of the molecule is CCCC(COC)NS(=O)(=O)c1ccc(O)c([N+](=O)[O-])c1. The first-order valence-corrected chi connectivity index (χ1v) is 7.78. The molecule has 0 aliphatic rings. The summed E-state index contributed by atoms with van der Waals surface area (Å²) in [4.78, 5) is 9.62. The van der Waals surface area contributed by atoms with Crippen molar-refractivity contribution in [2.24, 2.45) is 0 Å². The summed E-state index contributed by atoms with van der Waals surface area (Å²) in [5.41, 5.74) is -0.656. The molecule has 0 aliphatic heterocycles. The van der Waals surface area contributed by atoms with Gasteiger partial charge in [-0.3, -0.25) is 10.1 Å². The fourth-order valence-corrected chi connectivity index (χ4v) is 3.10. The predicted molar refractivity (Wildman–Crippen MR) is 75.7 cm³/mol. The van der Waals surface area contributed by atoms with E-state index < -0.39 is 32.4 Å². The van der Waals surface area contributed by atoms with Gasteiger partial charge >= 0.3 is 5.69 Å². The molecule has 9 heteroatoms. The third-order valence-electron chi connectivity index (χ3n) is 2.78. The maximum Gasteiger partial charge on any atom is 0.312 e. The van der Waals surface area contributed by atoms with E-state index in [9.17, 15) is 23.6 Å². The first kappa shape index (κ1) is 17.3. The van der Waals surface area contributed by atoms with Crippen LogP contribution in [-0.4, -0.2) is 38.2 Å². The molecule has 0 heterocycles. The van der Waals surface area contributed by atoms with E-state index in [1.807, 2.05) is 6.92 Å². The van der Waals surface area contributed by atoms with E-state index in [0.29, 0.717) is 6.42 Å². The van der Waals surface area contributed by atoms with Crippen molar-refractivity contribution in [3.63, 3.8) is 0 Å². The number of hydrogen-bond donors (Lipinski definition) is 2. The van der Waals surface area contributed by atoms with Gasteiger partial charge in [-0.25, -0.2) is 13.1 Å². The number of benzene rings is 1. The third-order valence-corrected chi connectivity index (χ3v) is 4.30. The van der Waals surface area contributed by atoms with Gasteiger partial charge in [0, 0.05) is 19.2 Å². The van der Waals surface area contributed by atoms with Crippen LogP contribution in [0.1, 0.15) is 19.8 Å². The zero-order valence-corrected chi connectivity index (χ0v) is 12.6. The lowest BCUT2D eigenvalue weighted by Crippen LogP contribution is -2.37. The molecular formula is C12H18N2O6S. The summed E-state index contributed by atoms with van der Waals surface area (Å²) >= 11 is 0. The van der Waals surface area contributed by atoms with Crippen LogP contribution < -0.4 is 4.72 Å². The van der Waals surface area contributed by atoms with Gasteiger partial charge in [0.2, 0.25) is 10.0 Å². The number of aromatic hydroxyl groups is 1. The molecule has 0 aromatic heterocycles. The van der Waals surface area contributed by atoms with E-state index in [4.69, 9.17) is 4.74 Å². The minimum Gasteiger partial charge on any atom is -0.502 e. The van der Waals surface area contributed by atoms with Crippen molar-refractivity contribution < 1.29 is 23.2 Å². The van der Waals surface area contributed by atoms with Gasteiger partial charge in [0.1, 0.15) is 0 Å². The van der Waals surface area contributed by atoms with E-state index in [2.05, 4.69) is 4.72 Å². The molecule has 2 N–H and O–H groups in total. The Labute approximate surface area is 122 Å². The van der Waals surface area contributed by atoms with E-state index in [1.54, 1.807) is 0 Å². The molecule has 0 saturated carbocycles. The van der Waals surface area contributed by atoms with Crippen molar-refractivity contribution in [1.29, 1.82) is 0 Å². The first-order chi connectivity index (χ1) is 9.81. The molecule has 8 nitrogen and oxygen atoms in total. The lowest BCUT2D eigenvalue weighted by Gasteiger charge is -2.17. The van der Waals surface area contributed by atoms with Crippen LogP contribution in [0.2, 0.25) is 0 Å². The zero-order valence-electron chi connectivity index (χ0n) is 11.8. The number of rotatable bonds is 8. The Hall–Kier alpha value is -1.71. The second kappa shape index (κ2) is 7.34. The Bertz CT molecular complexity index is 596. The molecule has 1 aromatic rings. The molecule has 0 bridgehead atoms. The number of ether oxygens (including phenoxy) is 1. The second-order valence-electron chi connectivity index (χ2n) is 4.47. The van der Waals surface area contributed by atoms with E-state index in [-0.39, 0.29) is 11.5 Å². The minimum atomic E-state index is -3.92. The Balaban J connectivity index is 3.07. The molecule has 0 fully saturated rings. The van der Waals surface area contributed by atoms with Crippen LogP contribution >= 0.6 is 0 Å². The summed E-state index contributed by atoms with van der Waals surface area (Å²) in [6.07, 6.45) is 1.33. The fraction of sp³-hybridized carbons (Fsp3) is 0.500. The van der Waals surface area contributed by atoms with Crippen molar-refractivity contribution in [1.82, 2.24) is 4.72 Å². The summed E-state index contributed by atoms with van der Waals surface area (Å²) in [7, 11) is -2.46. The first-order valence-electron chi connectivity index (χ1n) is 6.30. The highest BCUT2D eigenvalue weighted by molar-refractivity contribution is 7.89. The maximum absolute atomic E-state index is 12.2. The highest BCUT2D eigenvalue weighted by Crippen LogP contribution is 2.28. The van der Waals surface area contributed by atoms with E-state index in [1.165, 1.54) is 7.11 Å². The summed E-state index contributed by atoms with van der Waals surface area (Å²) in [6, 6.07) is 2.50. The van der Waals surface area contributed by atoms with Crippen LogP contribution in [0.25, 0.3) is 0 Å². The van der Waals surface area contributed by atoms with Gasteiger partial charge in [0.15, 0.2) is 5.75 Å². The molecule has 0 amide bonds. The number of nitro benzene ring substituents is 1. The minimum absolute atomic E-state index is 0.202. The Kier molecular flexibility index (Phi) is 6.06. The number of hydrogen-bond acceptors (Lipinski definition) is 6. The third kappa shape index (κ3) is 4.66. The second-order valence-corrected chi connectivity index (χ2v) is 6.18. The summed E-state index contributed by atoms with van der Waals surface area (Å²) in [6.45, 7) is 2.11. The van der Waals surface area contributed by atoms with Gasteiger partial charge < -0.3 is 9.84 Å². The van der Waals surface area contributed by atoms with Crippen LogP contribution in [0, 0.1) is 10.1 Å². The van der Waals surface area contributed by atoms with Gasteiger partial charge in [-0.05, 0) is 18.6 Å². The van der Waals surface area contributed by atoms with Crippen LogP contribution in [0.15, 0.2) is 23.1 Å². The Morgan fingerprint density at radius 1 is 1.48 bits per heavy atom. The molecule has 1 atom stereocenters. The van der Waals surface area contributed by atoms with Crippen LogP contribution in [0.4, 0.5) is 5.69 Å². The average Bonchev–Trinajstić information content (AvgIpc) is 2.38. The van der Waals surface area contributed by atoms with Crippen molar-refractivity contribution in [2.75, 3.05) is 13.7 Å².